The Labute approximate surface area is 168 Å². The number of aromatic nitrogens is 1. The summed E-state index contributed by atoms with van der Waals surface area (Å²) < 4.78 is 7.86. The van der Waals surface area contributed by atoms with Crippen molar-refractivity contribution < 1.29 is 9.53 Å². The van der Waals surface area contributed by atoms with E-state index in [1.165, 1.54) is 27.4 Å². The summed E-state index contributed by atoms with van der Waals surface area (Å²) in [4.78, 5) is 13.9. The molecular weight excluding hydrogens is 348 g/mol. The average Bonchev–Trinajstić information content (AvgIpc) is 2.99. The Bertz CT molecular complexity index is 958. The Kier molecular flexibility index (Phi) is 6.61. The number of carbonyl (C=O) groups excluding carboxylic acids is 1. The molecule has 0 unspecified atom stereocenters. The summed E-state index contributed by atoms with van der Waals surface area (Å²) in [6, 6.07) is 13.0. The summed E-state index contributed by atoms with van der Waals surface area (Å²) in [5.41, 5.74) is 3.77. The summed E-state index contributed by atoms with van der Waals surface area (Å²) in [6.45, 7) is 6.05. The van der Waals surface area contributed by atoms with Gasteiger partial charge in [0.2, 0.25) is 5.91 Å². The number of nitrogens with zero attached hydrogens (tertiary/aromatic N) is 2. The zero-order valence-corrected chi connectivity index (χ0v) is 17.6. The van der Waals surface area contributed by atoms with Crippen LogP contribution in [0.2, 0.25) is 0 Å². The van der Waals surface area contributed by atoms with E-state index in [1.807, 2.05) is 18.0 Å². The van der Waals surface area contributed by atoms with Gasteiger partial charge in [0, 0.05) is 48.9 Å². The van der Waals surface area contributed by atoms with Crippen LogP contribution in [0.15, 0.2) is 36.4 Å². The van der Waals surface area contributed by atoms with E-state index >= 15 is 0 Å². The van der Waals surface area contributed by atoms with Crippen LogP contribution in [0, 0.1) is 6.92 Å². The van der Waals surface area contributed by atoms with Crippen molar-refractivity contribution in [3.8, 4) is 5.75 Å². The predicted octanol–water partition coefficient (Wildman–Crippen LogP) is 5.54. The van der Waals surface area contributed by atoms with E-state index < -0.39 is 0 Å². The van der Waals surface area contributed by atoms with Crippen LogP contribution in [0.1, 0.15) is 44.6 Å². The van der Waals surface area contributed by atoms with E-state index in [9.17, 15) is 4.79 Å². The quantitative estimate of drug-likeness (QED) is 0.457. The molecule has 2 aromatic carbocycles. The van der Waals surface area contributed by atoms with Crippen LogP contribution in [0.4, 0.5) is 0 Å². The molecular formula is C24H32N2O2. The van der Waals surface area contributed by atoms with Crippen LogP contribution in [0.25, 0.3) is 21.8 Å². The van der Waals surface area contributed by atoms with Crippen molar-refractivity contribution in [2.75, 3.05) is 20.7 Å². The molecule has 0 aliphatic heterocycles. The number of amides is 1. The summed E-state index contributed by atoms with van der Waals surface area (Å²) in [5.74, 6) is 1.15. The van der Waals surface area contributed by atoms with Crippen molar-refractivity contribution in [2.45, 2.75) is 52.5 Å². The summed E-state index contributed by atoms with van der Waals surface area (Å²) in [7, 11) is 3.62. The first kappa shape index (κ1) is 20.2. The summed E-state index contributed by atoms with van der Waals surface area (Å²) >= 11 is 0. The molecule has 0 fully saturated rings. The number of benzene rings is 2. The minimum Gasteiger partial charge on any atom is -0.497 e. The number of unbranched alkanes of at least 4 members (excludes halogenated alkanes) is 2. The maximum atomic E-state index is 12.1. The fourth-order valence-electron chi connectivity index (χ4n) is 3.93. The van der Waals surface area contributed by atoms with Crippen LogP contribution in [0.3, 0.4) is 0 Å². The first-order valence-electron chi connectivity index (χ1n) is 10.4. The van der Waals surface area contributed by atoms with Crippen LogP contribution in [-0.2, 0) is 11.3 Å². The maximum absolute atomic E-state index is 12.1. The molecule has 1 aromatic heterocycles. The topological polar surface area (TPSA) is 34.5 Å². The molecule has 0 radical (unpaired) electrons. The van der Waals surface area contributed by atoms with Gasteiger partial charge in [-0.1, -0.05) is 25.5 Å². The number of hydrogen-bond acceptors (Lipinski definition) is 2. The van der Waals surface area contributed by atoms with Crippen molar-refractivity contribution in [3.05, 3.63) is 42.0 Å². The number of carbonyl (C=O) groups is 1. The standard InChI is InChI=1S/C24H32N2O2/c1-5-14-25(3)24(27)9-7-6-8-15-26-22-16-18(2)10-12-20(22)21-13-11-19(28-4)17-23(21)26/h10-13,16-17H,5-9,14-15H2,1-4H3. The van der Waals surface area contributed by atoms with Crippen LogP contribution < -0.4 is 4.74 Å². The Balaban J connectivity index is 1.72. The lowest BCUT2D eigenvalue weighted by Crippen LogP contribution is -2.26. The molecule has 0 aliphatic rings. The second-order valence-corrected chi connectivity index (χ2v) is 7.68. The molecule has 0 spiro atoms. The highest BCUT2D eigenvalue weighted by Gasteiger charge is 2.12. The molecule has 0 saturated carbocycles. The minimum absolute atomic E-state index is 0.263. The lowest BCUT2D eigenvalue weighted by molar-refractivity contribution is -0.130. The van der Waals surface area contributed by atoms with E-state index in [-0.39, 0.29) is 5.91 Å². The molecule has 0 atom stereocenters. The monoisotopic (exact) mass is 380 g/mol. The van der Waals surface area contributed by atoms with Gasteiger partial charge in [-0.3, -0.25) is 4.79 Å². The van der Waals surface area contributed by atoms with Gasteiger partial charge in [-0.2, -0.15) is 0 Å². The van der Waals surface area contributed by atoms with Gasteiger partial charge in [0.15, 0.2) is 0 Å². The molecule has 4 heteroatoms. The van der Waals surface area contributed by atoms with E-state index in [0.717, 1.165) is 44.5 Å². The van der Waals surface area contributed by atoms with Gasteiger partial charge in [0.05, 0.1) is 12.6 Å². The van der Waals surface area contributed by atoms with E-state index in [2.05, 4.69) is 48.7 Å². The largest absolute Gasteiger partial charge is 0.497 e. The molecule has 0 N–H and O–H groups in total. The highest BCUT2D eigenvalue weighted by molar-refractivity contribution is 6.08. The van der Waals surface area contributed by atoms with Gasteiger partial charge in [-0.25, -0.2) is 0 Å². The van der Waals surface area contributed by atoms with Gasteiger partial charge in [-0.05, 0) is 49.9 Å². The number of methoxy groups -OCH3 is 1. The van der Waals surface area contributed by atoms with E-state index in [0.29, 0.717) is 6.42 Å². The average molecular weight is 381 g/mol. The molecule has 0 saturated heterocycles. The zero-order valence-electron chi connectivity index (χ0n) is 17.6. The fourth-order valence-corrected chi connectivity index (χ4v) is 3.93. The van der Waals surface area contributed by atoms with E-state index in [1.54, 1.807) is 7.11 Å². The van der Waals surface area contributed by atoms with Gasteiger partial charge in [-0.15, -0.1) is 0 Å². The second-order valence-electron chi connectivity index (χ2n) is 7.68. The number of aryl methyl sites for hydroxylation is 2. The Morgan fingerprint density at radius 2 is 1.75 bits per heavy atom. The van der Waals surface area contributed by atoms with Crippen LogP contribution in [-0.4, -0.2) is 36.1 Å². The second kappa shape index (κ2) is 9.13. The Hall–Kier alpha value is -2.49. The van der Waals surface area contributed by atoms with Crippen molar-refractivity contribution in [1.82, 2.24) is 9.47 Å². The van der Waals surface area contributed by atoms with Gasteiger partial charge >= 0.3 is 0 Å². The Morgan fingerprint density at radius 1 is 1.04 bits per heavy atom. The molecule has 3 aromatic rings. The van der Waals surface area contributed by atoms with Crippen molar-refractivity contribution in [2.24, 2.45) is 0 Å². The van der Waals surface area contributed by atoms with Gasteiger partial charge < -0.3 is 14.2 Å². The molecule has 4 nitrogen and oxygen atoms in total. The highest BCUT2D eigenvalue weighted by atomic mass is 16.5. The fraction of sp³-hybridized carbons (Fsp3) is 0.458. The van der Waals surface area contributed by atoms with Crippen molar-refractivity contribution in [3.63, 3.8) is 0 Å². The molecule has 0 bridgehead atoms. The SMILES string of the molecule is CCCN(C)C(=O)CCCCCn1c2cc(C)ccc2c2ccc(OC)cc21. The molecule has 28 heavy (non-hydrogen) atoms. The first-order valence-corrected chi connectivity index (χ1v) is 10.4. The molecule has 1 heterocycles. The lowest BCUT2D eigenvalue weighted by Gasteiger charge is -2.15. The molecule has 3 rings (SSSR count). The Morgan fingerprint density at radius 3 is 2.46 bits per heavy atom. The highest BCUT2D eigenvalue weighted by Crippen LogP contribution is 2.32. The third-order valence-electron chi connectivity index (χ3n) is 5.49. The smallest absolute Gasteiger partial charge is 0.222 e. The third kappa shape index (κ3) is 4.32. The zero-order chi connectivity index (χ0) is 20.1. The van der Waals surface area contributed by atoms with Crippen molar-refractivity contribution in [1.29, 1.82) is 0 Å². The summed E-state index contributed by atoms with van der Waals surface area (Å²) in [5, 5.41) is 2.56. The number of fused-ring (bicyclic) bond motifs is 3. The summed E-state index contributed by atoms with van der Waals surface area (Å²) in [6.07, 6.45) is 4.74. The predicted molar refractivity (Wildman–Crippen MR) is 117 cm³/mol. The normalized spacial score (nSPS) is 11.3. The number of rotatable bonds is 9. The van der Waals surface area contributed by atoms with Crippen LogP contribution in [0.5, 0.6) is 5.75 Å². The molecule has 0 aliphatic carbocycles. The maximum Gasteiger partial charge on any atom is 0.222 e. The number of ether oxygens (including phenoxy) is 1. The van der Waals surface area contributed by atoms with Gasteiger partial charge in [0.1, 0.15) is 5.75 Å². The first-order chi connectivity index (χ1) is 13.5. The van der Waals surface area contributed by atoms with E-state index in [4.69, 9.17) is 4.74 Å². The molecule has 150 valence electrons. The lowest BCUT2D eigenvalue weighted by atomic mass is 10.1. The van der Waals surface area contributed by atoms with Gasteiger partial charge in [0.25, 0.3) is 0 Å². The number of hydrogen-bond donors (Lipinski definition) is 0. The minimum atomic E-state index is 0.263. The van der Waals surface area contributed by atoms with Crippen LogP contribution >= 0.6 is 0 Å². The molecule has 1 amide bonds. The van der Waals surface area contributed by atoms with Crippen molar-refractivity contribution >= 4 is 27.7 Å². The third-order valence-corrected chi connectivity index (χ3v) is 5.49.